The molecule has 0 N–H and O–H groups in total. The second-order valence-corrected chi connectivity index (χ2v) is 5.98. The van der Waals surface area contributed by atoms with E-state index in [-0.39, 0.29) is 5.92 Å². The van der Waals surface area contributed by atoms with Crippen molar-refractivity contribution in [3.8, 4) is 12.3 Å². The van der Waals surface area contributed by atoms with Crippen LogP contribution < -0.4 is 0 Å². The van der Waals surface area contributed by atoms with E-state index in [1.165, 1.54) is 12.8 Å². The van der Waals surface area contributed by atoms with Crippen LogP contribution in [0.25, 0.3) is 0 Å². The number of alkyl halides is 2. The first kappa shape index (κ1) is 12.9. The van der Waals surface area contributed by atoms with E-state index >= 15 is 0 Å². The molecule has 0 aromatic rings. The largest absolute Gasteiger partial charge is 0.246 e. The molecule has 2 fully saturated rings. The first-order valence-electron chi connectivity index (χ1n) is 6.86. The van der Waals surface area contributed by atoms with E-state index in [1.807, 2.05) is 0 Å². The van der Waals surface area contributed by atoms with E-state index in [4.69, 9.17) is 6.42 Å². The van der Waals surface area contributed by atoms with Crippen LogP contribution in [0.3, 0.4) is 0 Å². The summed E-state index contributed by atoms with van der Waals surface area (Å²) in [6.45, 7) is 2.27. The predicted octanol–water partition coefficient (Wildman–Crippen LogP) is 4.15. The molecule has 2 unspecified atom stereocenters. The first-order chi connectivity index (χ1) is 8.11. The molecule has 2 rings (SSSR count). The lowest BCUT2D eigenvalue weighted by Crippen LogP contribution is -2.38. The zero-order chi connectivity index (χ0) is 12.4. The third-order valence-electron chi connectivity index (χ3n) is 4.75. The third-order valence-corrected chi connectivity index (χ3v) is 4.75. The maximum Gasteiger partial charge on any atom is 0.117 e. The maximum absolute atomic E-state index is 13.8. The molecule has 96 valence electrons. The van der Waals surface area contributed by atoms with Crippen molar-refractivity contribution >= 4 is 0 Å². The molecular formula is C15H22F2. The van der Waals surface area contributed by atoms with Crippen molar-refractivity contribution in [2.45, 2.75) is 57.8 Å². The fourth-order valence-corrected chi connectivity index (χ4v) is 3.55. The highest BCUT2D eigenvalue weighted by atomic mass is 19.1. The lowest BCUT2D eigenvalue weighted by atomic mass is 9.68. The summed E-state index contributed by atoms with van der Waals surface area (Å²) in [4.78, 5) is 0. The SMILES string of the molecule is C#CC1C(F)CC(C2CCC(C)CC2)CC1F. The Morgan fingerprint density at radius 1 is 0.941 bits per heavy atom. The van der Waals surface area contributed by atoms with Crippen LogP contribution in [0, 0.1) is 36.0 Å². The topological polar surface area (TPSA) is 0 Å². The summed E-state index contributed by atoms with van der Waals surface area (Å²) in [5.74, 6) is 3.02. The molecule has 0 bridgehead atoms. The Morgan fingerprint density at radius 2 is 1.47 bits per heavy atom. The number of hydrogen-bond acceptors (Lipinski definition) is 0. The van der Waals surface area contributed by atoms with Gasteiger partial charge < -0.3 is 0 Å². The highest BCUT2D eigenvalue weighted by Gasteiger charge is 2.40. The van der Waals surface area contributed by atoms with Gasteiger partial charge in [-0.3, -0.25) is 0 Å². The monoisotopic (exact) mass is 240 g/mol. The van der Waals surface area contributed by atoms with Gasteiger partial charge in [-0.15, -0.1) is 6.42 Å². The minimum atomic E-state index is -1.13. The van der Waals surface area contributed by atoms with Gasteiger partial charge in [-0.05, 0) is 43.4 Å². The molecular weight excluding hydrogens is 218 g/mol. The summed E-state index contributed by atoms with van der Waals surface area (Å²) in [5, 5.41) is 0. The van der Waals surface area contributed by atoms with Gasteiger partial charge in [-0.25, -0.2) is 8.78 Å². The lowest BCUT2D eigenvalue weighted by molar-refractivity contribution is 0.0396. The van der Waals surface area contributed by atoms with Crippen molar-refractivity contribution in [3.05, 3.63) is 0 Å². The van der Waals surface area contributed by atoms with Gasteiger partial charge in [0.05, 0.1) is 5.92 Å². The van der Waals surface area contributed by atoms with Crippen molar-refractivity contribution in [2.24, 2.45) is 23.7 Å². The molecule has 0 heterocycles. The Morgan fingerprint density at radius 3 is 1.94 bits per heavy atom. The van der Waals surface area contributed by atoms with Gasteiger partial charge in [0.15, 0.2) is 0 Å². The quantitative estimate of drug-likeness (QED) is 0.604. The molecule has 0 aromatic carbocycles. The van der Waals surface area contributed by atoms with Crippen LogP contribution in [0.5, 0.6) is 0 Å². The maximum atomic E-state index is 13.8. The van der Waals surface area contributed by atoms with Crippen LogP contribution in [0.15, 0.2) is 0 Å². The minimum Gasteiger partial charge on any atom is -0.246 e. The average Bonchev–Trinajstić information content (AvgIpc) is 2.29. The molecule has 17 heavy (non-hydrogen) atoms. The van der Waals surface area contributed by atoms with E-state index in [1.54, 1.807) is 0 Å². The van der Waals surface area contributed by atoms with Gasteiger partial charge in [0.1, 0.15) is 12.3 Å². The molecule has 2 heteroatoms. The van der Waals surface area contributed by atoms with Gasteiger partial charge in [-0.2, -0.15) is 0 Å². The van der Waals surface area contributed by atoms with E-state index in [0.29, 0.717) is 18.8 Å². The number of hydrogen-bond donors (Lipinski definition) is 0. The summed E-state index contributed by atoms with van der Waals surface area (Å²) in [6.07, 6.45) is 8.62. The van der Waals surface area contributed by atoms with Gasteiger partial charge in [0.2, 0.25) is 0 Å². The Kier molecular flexibility index (Phi) is 4.07. The molecule has 0 saturated heterocycles. The second kappa shape index (κ2) is 5.38. The highest BCUT2D eigenvalue weighted by Crippen LogP contribution is 2.42. The third kappa shape index (κ3) is 2.81. The molecule has 2 atom stereocenters. The van der Waals surface area contributed by atoms with Crippen molar-refractivity contribution in [1.82, 2.24) is 0 Å². The highest BCUT2D eigenvalue weighted by molar-refractivity contribution is 5.04. The first-order valence-corrected chi connectivity index (χ1v) is 6.86. The summed E-state index contributed by atoms with van der Waals surface area (Å²) >= 11 is 0. The summed E-state index contributed by atoms with van der Waals surface area (Å²) < 4.78 is 27.6. The summed E-state index contributed by atoms with van der Waals surface area (Å²) in [7, 11) is 0. The molecule has 0 amide bonds. The zero-order valence-corrected chi connectivity index (χ0v) is 10.5. The van der Waals surface area contributed by atoms with E-state index in [9.17, 15) is 8.78 Å². The van der Waals surface area contributed by atoms with Crippen molar-refractivity contribution < 1.29 is 8.78 Å². The molecule has 2 aliphatic carbocycles. The van der Waals surface area contributed by atoms with Crippen LogP contribution in [-0.4, -0.2) is 12.3 Å². The Balaban J connectivity index is 1.93. The van der Waals surface area contributed by atoms with Crippen LogP contribution in [0.1, 0.15) is 45.4 Å². The minimum absolute atomic E-state index is 0.220. The van der Waals surface area contributed by atoms with Gasteiger partial charge in [0, 0.05) is 0 Å². The van der Waals surface area contributed by atoms with Crippen molar-refractivity contribution in [3.63, 3.8) is 0 Å². The van der Waals surface area contributed by atoms with Crippen molar-refractivity contribution in [1.29, 1.82) is 0 Å². The summed E-state index contributed by atoms with van der Waals surface area (Å²) in [6, 6.07) is 0. The molecule has 0 aliphatic heterocycles. The van der Waals surface area contributed by atoms with Crippen LogP contribution in [0.2, 0.25) is 0 Å². The molecule has 0 nitrogen and oxygen atoms in total. The standard InChI is InChI=1S/C15H22F2/c1-3-13-14(16)8-12(9-15(13)17)11-6-4-10(2)5-7-11/h1,10-15H,4-9H2,2H3. The fraction of sp³-hybridized carbons (Fsp3) is 0.867. The number of rotatable bonds is 1. The molecule has 0 aromatic heterocycles. The van der Waals surface area contributed by atoms with Crippen molar-refractivity contribution in [2.75, 3.05) is 0 Å². The lowest BCUT2D eigenvalue weighted by Gasteiger charge is -2.39. The Bertz CT molecular complexity index is 274. The molecule has 0 radical (unpaired) electrons. The van der Waals surface area contributed by atoms with E-state index < -0.39 is 18.3 Å². The van der Waals surface area contributed by atoms with Crippen LogP contribution >= 0.6 is 0 Å². The summed E-state index contributed by atoms with van der Waals surface area (Å²) in [5.41, 5.74) is 0. The fourth-order valence-electron chi connectivity index (χ4n) is 3.55. The Hall–Kier alpha value is -0.580. The van der Waals surface area contributed by atoms with Crippen LogP contribution in [0.4, 0.5) is 8.78 Å². The molecule has 2 aliphatic rings. The van der Waals surface area contributed by atoms with Gasteiger partial charge in [0.25, 0.3) is 0 Å². The van der Waals surface area contributed by atoms with Gasteiger partial charge in [-0.1, -0.05) is 25.7 Å². The molecule has 0 spiro atoms. The number of terminal acetylenes is 1. The molecule has 2 saturated carbocycles. The zero-order valence-electron chi connectivity index (χ0n) is 10.5. The van der Waals surface area contributed by atoms with E-state index in [0.717, 1.165) is 18.8 Å². The second-order valence-electron chi connectivity index (χ2n) is 5.98. The van der Waals surface area contributed by atoms with Gasteiger partial charge >= 0.3 is 0 Å². The number of halogens is 2. The average molecular weight is 240 g/mol. The predicted molar refractivity (Wildman–Crippen MR) is 66.0 cm³/mol. The Labute approximate surface area is 103 Å². The van der Waals surface area contributed by atoms with Crippen LogP contribution in [-0.2, 0) is 0 Å². The normalized spacial score (nSPS) is 47.4. The van der Waals surface area contributed by atoms with E-state index in [2.05, 4.69) is 12.8 Å². The smallest absolute Gasteiger partial charge is 0.117 e.